The lowest BCUT2D eigenvalue weighted by molar-refractivity contribution is 0.272. The van der Waals surface area contributed by atoms with E-state index >= 15 is 0 Å². The van der Waals surface area contributed by atoms with E-state index in [-0.39, 0.29) is 0 Å². The number of para-hydroxylation sites is 2. The Labute approximate surface area is 118 Å². The van der Waals surface area contributed by atoms with Crippen LogP contribution in [0.2, 0.25) is 0 Å². The van der Waals surface area contributed by atoms with E-state index < -0.39 is 0 Å². The molecule has 0 radical (unpaired) electrons. The van der Waals surface area contributed by atoms with Gasteiger partial charge in [0.05, 0.1) is 12.3 Å². The molecule has 2 heteroatoms. The Morgan fingerprint density at radius 2 is 1.84 bits per heavy atom. The van der Waals surface area contributed by atoms with Crippen molar-refractivity contribution >= 4 is 5.69 Å². The second kappa shape index (κ2) is 8.84. The van der Waals surface area contributed by atoms with E-state index in [1.54, 1.807) is 0 Å². The maximum atomic E-state index is 5.86. The van der Waals surface area contributed by atoms with E-state index in [1.165, 1.54) is 25.7 Å². The normalized spacial score (nSPS) is 12.5. The molecular formula is C17H29NO. The Kier molecular flexibility index (Phi) is 7.39. The van der Waals surface area contributed by atoms with Gasteiger partial charge in [-0.15, -0.1) is 0 Å². The summed E-state index contributed by atoms with van der Waals surface area (Å²) in [4.78, 5) is 0. The molecule has 0 aliphatic rings. The van der Waals surface area contributed by atoms with Crippen LogP contribution in [0.3, 0.4) is 0 Å². The Morgan fingerprint density at radius 1 is 1.11 bits per heavy atom. The summed E-state index contributed by atoms with van der Waals surface area (Å²) in [7, 11) is 0. The zero-order chi connectivity index (χ0) is 14.1. The van der Waals surface area contributed by atoms with Gasteiger partial charge in [0.25, 0.3) is 0 Å². The third kappa shape index (κ3) is 6.51. The Bertz CT molecular complexity index is 349. The lowest BCUT2D eigenvalue weighted by Gasteiger charge is -2.19. The molecule has 0 spiro atoms. The van der Waals surface area contributed by atoms with Gasteiger partial charge in [0.2, 0.25) is 0 Å². The van der Waals surface area contributed by atoms with Crippen LogP contribution in [0.25, 0.3) is 0 Å². The van der Waals surface area contributed by atoms with Crippen molar-refractivity contribution in [3.8, 4) is 5.75 Å². The summed E-state index contributed by atoms with van der Waals surface area (Å²) in [5, 5.41) is 3.57. The molecule has 0 amide bonds. The van der Waals surface area contributed by atoms with Crippen LogP contribution in [0, 0.1) is 5.92 Å². The van der Waals surface area contributed by atoms with Gasteiger partial charge in [-0.05, 0) is 31.4 Å². The molecule has 0 bridgehead atoms. The summed E-state index contributed by atoms with van der Waals surface area (Å²) in [6.07, 6.45) is 5.10. The minimum Gasteiger partial charge on any atom is -0.491 e. The fraction of sp³-hybridized carbons (Fsp3) is 0.647. The highest BCUT2D eigenvalue weighted by molar-refractivity contribution is 5.56. The number of hydrogen-bond donors (Lipinski definition) is 1. The van der Waals surface area contributed by atoms with Gasteiger partial charge in [0.1, 0.15) is 5.75 Å². The molecule has 0 aliphatic heterocycles. The van der Waals surface area contributed by atoms with E-state index in [1.807, 2.05) is 12.1 Å². The van der Waals surface area contributed by atoms with Crippen LogP contribution in [0.5, 0.6) is 5.75 Å². The van der Waals surface area contributed by atoms with Crippen LogP contribution in [-0.4, -0.2) is 12.6 Å². The SMILES string of the molecule is CCCCCC(C)Nc1ccccc1OCC(C)C. The lowest BCUT2D eigenvalue weighted by atomic mass is 10.1. The lowest BCUT2D eigenvalue weighted by Crippen LogP contribution is -2.16. The molecule has 0 aliphatic carbocycles. The maximum absolute atomic E-state index is 5.86. The monoisotopic (exact) mass is 263 g/mol. The van der Waals surface area contributed by atoms with Gasteiger partial charge < -0.3 is 10.1 Å². The van der Waals surface area contributed by atoms with E-state index in [0.29, 0.717) is 12.0 Å². The Balaban J connectivity index is 2.51. The van der Waals surface area contributed by atoms with Gasteiger partial charge in [-0.2, -0.15) is 0 Å². The van der Waals surface area contributed by atoms with Gasteiger partial charge in [-0.1, -0.05) is 52.2 Å². The molecule has 0 saturated heterocycles. The summed E-state index contributed by atoms with van der Waals surface area (Å²) in [5.41, 5.74) is 1.12. The second-order valence-electron chi connectivity index (χ2n) is 5.74. The van der Waals surface area contributed by atoms with Crippen molar-refractivity contribution in [2.45, 2.75) is 59.4 Å². The minimum atomic E-state index is 0.496. The standard InChI is InChI=1S/C17H29NO/c1-5-6-7-10-15(4)18-16-11-8-9-12-17(16)19-13-14(2)3/h8-9,11-12,14-15,18H,5-7,10,13H2,1-4H3. The van der Waals surface area contributed by atoms with Crippen LogP contribution in [0.4, 0.5) is 5.69 Å². The van der Waals surface area contributed by atoms with E-state index in [0.717, 1.165) is 18.0 Å². The summed E-state index contributed by atoms with van der Waals surface area (Å²) in [5.74, 6) is 1.52. The average Bonchev–Trinajstić information content (AvgIpc) is 2.38. The Morgan fingerprint density at radius 3 is 2.53 bits per heavy atom. The van der Waals surface area contributed by atoms with Gasteiger partial charge in [0.15, 0.2) is 0 Å². The molecular weight excluding hydrogens is 234 g/mol. The first-order valence-electron chi connectivity index (χ1n) is 7.61. The fourth-order valence-electron chi connectivity index (χ4n) is 2.01. The zero-order valence-electron chi connectivity index (χ0n) is 12.9. The van der Waals surface area contributed by atoms with Crippen molar-refractivity contribution < 1.29 is 4.74 Å². The van der Waals surface area contributed by atoms with Crippen LogP contribution < -0.4 is 10.1 Å². The molecule has 1 aromatic rings. The number of rotatable bonds is 9. The number of anilines is 1. The predicted molar refractivity (Wildman–Crippen MR) is 84.0 cm³/mol. The summed E-state index contributed by atoms with van der Waals surface area (Å²) in [6, 6.07) is 8.73. The summed E-state index contributed by atoms with van der Waals surface area (Å²) < 4.78 is 5.86. The molecule has 0 fully saturated rings. The van der Waals surface area contributed by atoms with E-state index in [9.17, 15) is 0 Å². The third-order valence-electron chi connectivity index (χ3n) is 3.10. The van der Waals surface area contributed by atoms with Crippen LogP contribution in [0.1, 0.15) is 53.4 Å². The number of nitrogens with one attached hydrogen (secondary N) is 1. The van der Waals surface area contributed by atoms with Crippen molar-refractivity contribution in [3.05, 3.63) is 24.3 Å². The first-order valence-corrected chi connectivity index (χ1v) is 7.61. The van der Waals surface area contributed by atoms with Crippen LogP contribution in [0.15, 0.2) is 24.3 Å². The van der Waals surface area contributed by atoms with Crippen LogP contribution >= 0.6 is 0 Å². The highest BCUT2D eigenvalue weighted by Gasteiger charge is 2.07. The molecule has 108 valence electrons. The molecule has 19 heavy (non-hydrogen) atoms. The summed E-state index contributed by atoms with van der Waals surface area (Å²) >= 11 is 0. The third-order valence-corrected chi connectivity index (χ3v) is 3.10. The maximum Gasteiger partial charge on any atom is 0.142 e. The van der Waals surface area contributed by atoms with Crippen LogP contribution in [-0.2, 0) is 0 Å². The number of unbranched alkanes of at least 4 members (excludes halogenated alkanes) is 2. The molecule has 0 heterocycles. The first-order chi connectivity index (χ1) is 9.13. The smallest absolute Gasteiger partial charge is 0.142 e. The van der Waals surface area contributed by atoms with Crippen molar-refractivity contribution in [1.82, 2.24) is 0 Å². The second-order valence-corrected chi connectivity index (χ2v) is 5.74. The highest BCUT2D eigenvalue weighted by atomic mass is 16.5. The summed E-state index contributed by atoms with van der Waals surface area (Å²) in [6.45, 7) is 9.60. The minimum absolute atomic E-state index is 0.496. The molecule has 0 aromatic heterocycles. The molecule has 1 unspecified atom stereocenters. The van der Waals surface area contributed by atoms with Gasteiger partial charge in [0, 0.05) is 6.04 Å². The van der Waals surface area contributed by atoms with Gasteiger partial charge >= 0.3 is 0 Å². The van der Waals surface area contributed by atoms with Gasteiger partial charge in [-0.25, -0.2) is 0 Å². The molecule has 2 nitrogen and oxygen atoms in total. The largest absolute Gasteiger partial charge is 0.491 e. The zero-order valence-corrected chi connectivity index (χ0v) is 12.9. The quantitative estimate of drug-likeness (QED) is 0.626. The topological polar surface area (TPSA) is 21.3 Å². The molecule has 0 saturated carbocycles. The molecule has 1 N–H and O–H groups in total. The number of hydrogen-bond acceptors (Lipinski definition) is 2. The molecule has 1 aromatic carbocycles. The number of ether oxygens (including phenoxy) is 1. The van der Waals surface area contributed by atoms with E-state index in [2.05, 4.69) is 45.1 Å². The first kappa shape index (κ1) is 15.9. The fourth-order valence-corrected chi connectivity index (χ4v) is 2.01. The Hall–Kier alpha value is -1.18. The van der Waals surface area contributed by atoms with Gasteiger partial charge in [-0.3, -0.25) is 0 Å². The number of benzene rings is 1. The predicted octanol–water partition coefficient (Wildman–Crippen LogP) is 5.10. The molecule has 1 atom stereocenters. The molecule has 1 rings (SSSR count). The van der Waals surface area contributed by atoms with Crippen molar-refractivity contribution in [2.24, 2.45) is 5.92 Å². The van der Waals surface area contributed by atoms with Crippen molar-refractivity contribution in [1.29, 1.82) is 0 Å². The highest BCUT2D eigenvalue weighted by Crippen LogP contribution is 2.25. The average molecular weight is 263 g/mol. The van der Waals surface area contributed by atoms with Crippen molar-refractivity contribution in [2.75, 3.05) is 11.9 Å². The van der Waals surface area contributed by atoms with Crippen molar-refractivity contribution in [3.63, 3.8) is 0 Å². The van der Waals surface area contributed by atoms with E-state index in [4.69, 9.17) is 4.74 Å².